The second-order valence-electron chi connectivity index (χ2n) is 8.76. The van der Waals surface area contributed by atoms with Crippen LogP contribution in [0.15, 0.2) is 0 Å². The summed E-state index contributed by atoms with van der Waals surface area (Å²) >= 11 is 0. The van der Waals surface area contributed by atoms with Crippen molar-refractivity contribution in [1.29, 1.82) is 0 Å². The topological polar surface area (TPSA) is 54.4 Å². The van der Waals surface area contributed by atoms with Crippen molar-refractivity contribution in [2.45, 2.75) is 72.6 Å². The maximum atomic E-state index is 11.6. The van der Waals surface area contributed by atoms with Crippen molar-refractivity contribution >= 4 is 12.3 Å². The first-order chi connectivity index (χ1) is 10.2. The van der Waals surface area contributed by atoms with E-state index >= 15 is 0 Å². The van der Waals surface area contributed by atoms with Crippen LogP contribution in [0.4, 0.5) is 0 Å². The van der Waals surface area contributed by atoms with Gasteiger partial charge in [0.15, 0.2) is 0 Å². The number of carbonyl (C=O) groups excluding carboxylic acids is 1. The lowest BCUT2D eigenvalue weighted by atomic mass is 9.51. The molecule has 4 unspecified atom stereocenters. The molecule has 2 saturated carbocycles. The van der Waals surface area contributed by atoms with Gasteiger partial charge in [0.1, 0.15) is 6.29 Å². The Labute approximate surface area is 134 Å². The van der Waals surface area contributed by atoms with Gasteiger partial charge in [-0.15, -0.1) is 0 Å². The zero-order valence-corrected chi connectivity index (χ0v) is 14.6. The zero-order chi connectivity index (χ0) is 16.5. The molecule has 0 aromatic heterocycles. The zero-order valence-electron chi connectivity index (χ0n) is 14.6. The molecule has 1 N–H and O–H groups in total. The Kier molecular flexibility index (Phi) is 5.03. The summed E-state index contributed by atoms with van der Waals surface area (Å²) in [6.07, 6.45) is 8.43. The van der Waals surface area contributed by atoms with Gasteiger partial charge in [0.25, 0.3) is 0 Å². The normalized spacial score (nSPS) is 41.8. The molecule has 0 aromatic rings. The van der Waals surface area contributed by atoms with Gasteiger partial charge >= 0.3 is 5.97 Å². The van der Waals surface area contributed by atoms with E-state index in [1.165, 1.54) is 25.7 Å². The predicted molar refractivity (Wildman–Crippen MR) is 87.5 cm³/mol. The number of carbonyl (C=O) groups is 2. The molecule has 0 aromatic carbocycles. The summed E-state index contributed by atoms with van der Waals surface area (Å²) in [6.45, 7) is 9.22. The lowest BCUT2D eigenvalue weighted by molar-refractivity contribution is -0.151. The van der Waals surface area contributed by atoms with Crippen LogP contribution in [-0.4, -0.2) is 17.4 Å². The molecule has 0 radical (unpaired) electrons. The maximum absolute atomic E-state index is 11.6. The molecule has 126 valence electrons. The molecule has 0 heterocycles. The van der Waals surface area contributed by atoms with E-state index in [0.29, 0.717) is 17.8 Å². The van der Waals surface area contributed by atoms with Gasteiger partial charge < -0.3 is 9.90 Å². The monoisotopic (exact) mass is 308 g/mol. The minimum atomic E-state index is -0.789. The number of hydrogen-bond acceptors (Lipinski definition) is 2. The van der Waals surface area contributed by atoms with E-state index in [4.69, 9.17) is 0 Å². The SMILES string of the molecule is CCC1C(C=O)C(C(=O)O)CCC1[C@@]1(C)CCCC(C)(C)C1. The van der Waals surface area contributed by atoms with E-state index in [9.17, 15) is 14.7 Å². The Balaban J connectivity index is 2.27. The molecule has 0 saturated heterocycles. The second-order valence-corrected chi connectivity index (χ2v) is 8.76. The standard InChI is InChI=1S/C19H32O3/c1-5-13-15(11-20)14(17(21)22)7-8-16(13)19(4)10-6-9-18(2,3)12-19/h11,13-16H,5-10,12H2,1-4H3,(H,21,22)/t13?,14?,15?,16?,19-/m0/s1. The van der Waals surface area contributed by atoms with Crippen molar-refractivity contribution in [3.63, 3.8) is 0 Å². The largest absolute Gasteiger partial charge is 0.481 e. The van der Waals surface area contributed by atoms with E-state index in [-0.39, 0.29) is 17.3 Å². The summed E-state index contributed by atoms with van der Waals surface area (Å²) < 4.78 is 0. The Bertz CT molecular complexity index is 428. The molecule has 2 aliphatic rings. The van der Waals surface area contributed by atoms with Crippen molar-refractivity contribution in [1.82, 2.24) is 0 Å². The van der Waals surface area contributed by atoms with Gasteiger partial charge in [0.2, 0.25) is 0 Å². The van der Waals surface area contributed by atoms with Crippen LogP contribution in [0.5, 0.6) is 0 Å². The van der Waals surface area contributed by atoms with Gasteiger partial charge in [-0.05, 0) is 54.8 Å². The molecule has 2 aliphatic carbocycles. The quantitative estimate of drug-likeness (QED) is 0.775. The smallest absolute Gasteiger partial charge is 0.307 e. The molecule has 0 bridgehead atoms. The molecule has 0 amide bonds. The molecular weight excluding hydrogens is 276 g/mol. The minimum absolute atomic E-state index is 0.228. The summed E-state index contributed by atoms with van der Waals surface area (Å²) in [5.41, 5.74) is 0.624. The number of rotatable bonds is 4. The average Bonchev–Trinajstić information content (AvgIpc) is 2.43. The van der Waals surface area contributed by atoms with Gasteiger partial charge in [-0.2, -0.15) is 0 Å². The van der Waals surface area contributed by atoms with Gasteiger partial charge in [-0.1, -0.05) is 40.5 Å². The van der Waals surface area contributed by atoms with Gasteiger partial charge in [-0.3, -0.25) is 4.79 Å². The summed E-state index contributed by atoms with van der Waals surface area (Å²) in [4.78, 5) is 23.1. The average molecular weight is 308 g/mol. The van der Waals surface area contributed by atoms with Crippen LogP contribution >= 0.6 is 0 Å². The number of aldehydes is 1. The minimum Gasteiger partial charge on any atom is -0.481 e. The van der Waals surface area contributed by atoms with E-state index in [1.54, 1.807) is 0 Å². The molecule has 0 spiro atoms. The van der Waals surface area contributed by atoms with Crippen LogP contribution in [0, 0.1) is 34.5 Å². The first-order valence-electron chi connectivity index (χ1n) is 8.92. The Morgan fingerprint density at radius 2 is 1.91 bits per heavy atom. The van der Waals surface area contributed by atoms with Crippen molar-refractivity contribution in [2.24, 2.45) is 34.5 Å². The van der Waals surface area contributed by atoms with Crippen molar-refractivity contribution < 1.29 is 14.7 Å². The fourth-order valence-electron chi connectivity index (χ4n) is 5.80. The molecular formula is C19H32O3. The van der Waals surface area contributed by atoms with Crippen LogP contribution in [0.25, 0.3) is 0 Å². The highest BCUT2D eigenvalue weighted by Gasteiger charge is 2.50. The van der Waals surface area contributed by atoms with E-state index in [1.807, 2.05) is 0 Å². The number of carboxylic acid groups (broad SMARTS) is 1. The lowest BCUT2D eigenvalue weighted by Gasteiger charge is -2.53. The van der Waals surface area contributed by atoms with E-state index in [0.717, 1.165) is 19.1 Å². The van der Waals surface area contributed by atoms with E-state index < -0.39 is 11.9 Å². The van der Waals surface area contributed by atoms with E-state index in [2.05, 4.69) is 27.7 Å². The van der Waals surface area contributed by atoms with Gasteiger partial charge in [0.05, 0.1) is 5.92 Å². The highest BCUT2D eigenvalue weighted by atomic mass is 16.4. The molecule has 3 nitrogen and oxygen atoms in total. The fraction of sp³-hybridized carbons (Fsp3) is 0.895. The van der Waals surface area contributed by atoms with Crippen LogP contribution < -0.4 is 0 Å². The van der Waals surface area contributed by atoms with Crippen molar-refractivity contribution in [3.05, 3.63) is 0 Å². The van der Waals surface area contributed by atoms with Crippen molar-refractivity contribution in [2.75, 3.05) is 0 Å². The van der Waals surface area contributed by atoms with Crippen LogP contribution in [0.3, 0.4) is 0 Å². The van der Waals surface area contributed by atoms with Crippen molar-refractivity contribution in [3.8, 4) is 0 Å². The third-order valence-corrected chi connectivity index (χ3v) is 6.59. The molecule has 2 rings (SSSR count). The lowest BCUT2D eigenvalue weighted by Crippen LogP contribution is -2.47. The number of carboxylic acids is 1. The number of hydrogen-bond donors (Lipinski definition) is 1. The maximum Gasteiger partial charge on any atom is 0.307 e. The predicted octanol–water partition coefficient (Wildman–Crippen LogP) is 4.55. The summed E-state index contributed by atoms with van der Waals surface area (Å²) in [5, 5.41) is 9.44. The molecule has 0 aliphatic heterocycles. The third-order valence-electron chi connectivity index (χ3n) is 6.59. The Hall–Kier alpha value is -0.860. The molecule has 22 heavy (non-hydrogen) atoms. The highest BCUT2D eigenvalue weighted by molar-refractivity contribution is 5.75. The first kappa shape index (κ1) is 17.5. The van der Waals surface area contributed by atoms with Crippen LogP contribution in [0.2, 0.25) is 0 Å². The molecule has 2 fully saturated rings. The summed E-state index contributed by atoms with van der Waals surface area (Å²) in [6, 6.07) is 0. The Morgan fingerprint density at radius 3 is 2.41 bits per heavy atom. The first-order valence-corrected chi connectivity index (χ1v) is 8.92. The third kappa shape index (κ3) is 3.23. The fourth-order valence-corrected chi connectivity index (χ4v) is 5.80. The van der Waals surface area contributed by atoms with Gasteiger partial charge in [0, 0.05) is 5.92 Å². The highest BCUT2D eigenvalue weighted by Crippen LogP contribution is 2.57. The van der Waals surface area contributed by atoms with Gasteiger partial charge in [-0.25, -0.2) is 0 Å². The Morgan fingerprint density at radius 1 is 1.23 bits per heavy atom. The second kappa shape index (κ2) is 6.33. The number of aliphatic carboxylic acids is 1. The van der Waals surface area contributed by atoms with Crippen LogP contribution in [0.1, 0.15) is 72.6 Å². The molecule has 5 atom stereocenters. The molecule has 3 heteroatoms. The summed E-state index contributed by atoms with van der Waals surface area (Å²) in [7, 11) is 0. The van der Waals surface area contributed by atoms with Crippen LogP contribution in [-0.2, 0) is 9.59 Å². The summed E-state index contributed by atoms with van der Waals surface area (Å²) in [5.74, 6) is -0.848.